The van der Waals surface area contributed by atoms with Crippen molar-refractivity contribution in [3.8, 4) is 0 Å². The minimum Gasteiger partial charge on any atom is -0.481 e. The van der Waals surface area contributed by atoms with Gasteiger partial charge in [0.1, 0.15) is 5.41 Å². The molecule has 2 aromatic rings. The number of rotatable bonds is 7. The summed E-state index contributed by atoms with van der Waals surface area (Å²) in [5, 5.41) is 12.4. The number of carbonyl (C=O) groups excluding carboxylic acids is 1. The highest BCUT2D eigenvalue weighted by Crippen LogP contribution is 2.28. The fourth-order valence-corrected chi connectivity index (χ4v) is 3.73. The van der Waals surface area contributed by atoms with Crippen LogP contribution in [0.3, 0.4) is 0 Å². The van der Waals surface area contributed by atoms with E-state index in [0.717, 1.165) is 6.26 Å². The fourth-order valence-electron chi connectivity index (χ4n) is 2.84. The molecule has 2 rings (SSSR count). The lowest BCUT2D eigenvalue weighted by atomic mass is 9.78. The number of sulfone groups is 1. The molecular weight excluding hydrogens is 354 g/mol. The summed E-state index contributed by atoms with van der Waals surface area (Å²) in [4.78, 5) is 24.5. The molecule has 0 fully saturated rings. The highest BCUT2D eigenvalue weighted by molar-refractivity contribution is 7.90. The molecule has 0 saturated carbocycles. The van der Waals surface area contributed by atoms with E-state index < -0.39 is 27.1 Å². The summed E-state index contributed by atoms with van der Waals surface area (Å²) in [5.74, 6) is -1.68. The van der Waals surface area contributed by atoms with E-state index in [4.69, 9.17) is 0 Å². The van der Waals surface area contributed by atoms with E-state index in [1.807, 2.05) is 0 Å². The van der Waals surface area contributed by atoms with Crippen LogP contribution in [0.5, 0.6) is 0 Å². The van der Waals surface area contributed by atoms with Gasteiger partial charge >= 0.3 is 5.97 Å². The zero-order valence-electron chi connectivity index (χ0n) is 14.6. The van der Waals surface area contributed by atoms with E-state index in [9.17, 15) is 23.1 Å². The van der Waals surface area contributed by atoms with Crippen molar-refractivity contribution in [3.63, 3.8) is 0 Å². The summed E-state index contributed by atoms with van der Waals surface area (Å²) < 4.78 is 23.7. The maximum atomic E-state index is 12.6. The lowest BCUT2D eigenvalue weighted by molar-refractivity contribution is -0.143. The maximum Gasteiger partial charge on any atom is 0.315 e. The fraction of sp³-hybridized carbons (Fsp3) is 0.263. The first-order valence-electron chi connectivity index (χ1n) is 8.08. The average molecular weight is 375 g/mol. The minimum atomic E-state index is -3.58. The molecule has 0 heterocycles. The molecule has 0 radical (unpaired) electrons. The van der Waals surface area contributed by atoms with Crippen LogP contribution in [0.25, 0.3) is 0 Å². The molecule has 0 aromatic heterocycles. The zero-order valence-corrected chi connectivity index (χ0v) is 15.4. The SMILES string of the molecule is CCC(CNC(=O)c1ccccc1S(C)(=O)=O)(C(=O)O)c1ccccc1. The van der Waals surface area contributed by atoms with Gasteiger partial charge in [-0.1, -0.05) is 49.4 Å². The second kappa shape index (κ2) is 7.70. The van der Waals surface area contributed by atoms with Crippen LogP contribution in [0.4, 0.5) is 0 Å². The molecule has 2 N–H and O–H groups in total. The number of hydrogen-bond donors (Lipinski definition) is 2. The summed E-state index contributed by atoms with van der Waals surface area (Å²) in [5.41, 5.74) is -0.720. The quantitative estimate of drug-likeness (QED) is 0.773. The topological polar surface area (TPSA) is 101 Å². The van der Waals surface area contributed by atoms with E-state index >= 15 is 0 Å². The number of nitrogens with one attached hydrogen (secondary N) is 1. The predicted molar refractivity (Wildman–Crippen MR) is 97.9 cm³/mol. The number of hydrogen-bond acceptors (Lipinski definition) is 4. The van der Waals surface area contributed by atoms with Crippen LogP contribution in [0.15, 0.2) is 59.5 Å². The monoisotopic (exact) mass is 375 g/mol. The summed E-state index contributed by atoms with van der Waals surface area (Å²) in [6, 6.07) is 14.5. The molecule has 1 amide bonds. The molecule has 1 unspecified atom stereocenters. The Labute approximate surface area is 152 Å². The highest BCUT2D eigenvalue weighted by atomic mass is 32.2. The van der Waals surface area contributed by atoms with Gasteiger partial charge in [0.15, 0.2) is 9.84 Å². The largest absolute Gasteiger partial charge is 0.481 e. The molecule has 2 aromatic carbocycles. The van der Waals surface area contributed by atoms with E-state index in [2.05, 4.69) is 5.32 Å². The van der Waals surface area contributed by atoms with Crippen LogP contribution in [0, 0.1) is 0 Å². The Kier molecular flexibility index (Phi) is 5.82. The lowest BCUT2D eigenvalue weighted by Gasteiger charge is -2.29. The van der Waals surface area contributed by atoms with Crippen molar-refractivity contribution >= 4 is 21.7 Å². The van der Waals surface area contributed by atoms with Crippen LogP contribution in [0.2, 0.25) is 0 Å². The standard InChI is InChI=1S/C19H21NO5S/c1-3-19(18(22)23,14-9-5-4-6-10-14)13-20-17(21)15-11-7-8-12-16(15)26(2,24)25/h4-12H,3,13H2,1-2H3,(H,20,21)(H,22,23). The average Bonchev–Trinajstić information content (AvgIpc) is 2.62. The van der Waals surface area contributed by atoms with Gasteiger partial charge in [-0.15, -0.1) is 0 Å². The Morgan fingerprint density at radius 3 is 2.15 bits per heavy atom. The molecule has 1 atom stereocenters. The molecular formula is C19H21NO5S. The van der Waals surface area contributed by atoms with Crippen LogP contribution < -0.4 is 5.32 Å². The van der Waals surface area contributed by atoms with Crippen molar-refractivity contribution in [2.75, 3.05) is 12.8 Å². The Bertz CT molecular complexity index is 909. The van der Waals surface area contributed by atoms with E-state index in [0.29, 0.717) is 5.56 Å². The van der Waals surface area contributed by atoms with Gasteiger partial charge < -0.3 is 10.4 Å². The van der Waals surface area contributed by atoms with Crippen molar-refractivity contribution < 1.29 is 23.1 Å². The molecule has 0 spiro atoms. The predicted octanol–water partition coefficient (Wildman–Crippen LogP) is 2.25. The van der Waals surface area contributed by atoms with Gasteiger partial charge in [-0.05, 0) is 24.1 Å². The summed E-state index contributed by atoms with van der Waals surface area (Å²) in [6.45, 7) is 1.58. The number of amides is 1. The molecule has 26 heavy (non-hydrogen) atoms. The van der Waals surface area contributed by atoms with Crippen LogP contribution >= 0.6 is 0 Å². The third kappa shape index (κ3) is 3.94. The number of aliphatic carboxylic acids is 1. The van der Waals surface area contributed by atoms with Crippen LogP contribution in [-0.2, 0) is 20.0 Å². The van der Waals surface area contributed by atoms with Crippen molar-refractivity contribution in [1.29, 1.82) is 0 Å². The number of carbonyl (C=O) groups is 2. The molecule has 138 valence electrons. The summed E-state index contributed by atoms with van der Waals surface area (Å²) in [7, 11) is -3.58. The first kappa shape index (κ1) is 19.7. The van der Waals surface area contributed by atoms with E-state index in [-0.39, 0.29) is 23.4 Å². The number of benzene rings is 2. The second-order valence-electron chi connectivity index (χ2n) is 6.06. The Hall–Kier alpha value is -2.67. The lowest BCUT2D eigenvalue weighted by Crippen LogP contribution is -2.46. The molecule has 0 aliphatic rings. The normalized spacial score (nSPS) is 13.6. The number of carboxylic acids is 1. The Morgan fingerprint density at radius 2 is 1.62 bits per heavy atom. The molecule has 7 heteroatoms. The highest BCUT2D eigenvalue weighted by Gasteiger charge is 2.39. The van der Waals surface area contributed by atoms with Gasteiger partial charge in [0.05, 0.1) is 10.5 Å². The van der Waals surface area contributed by atoms with Gasteiger partial charge in [0.25, 0.3) is 5.91 Å². The molecule has 6 nitrogen and oxygen atoms in total. The second-order valence-corrected chi connectivity index (χ2v) is 8.04. The summed E-state index contributed by atoms with van der Waals surface area (Å²) in [6.07, 6.45) is 1.29. The van der Waals surface area contributed by atoms with Crippen molar-refractivity contribution in [3.05, 3.63) is 65.7 Å². The van der Waals surface area contributed by atoms with Crippen molar-refractivity contribution in [1.82, 2.24) is 5.32 Å². The van der Waals surface area contributed by atoms with Gasteiger partial charge in [0.2, 0.25) is 0 Å². The van der Waals surface area contributed by atoms with Crippen molar-refractivity contribution in [2.45, 2.75) is 23.7 Å². The van der Waals surface area contributed by atoms with Gasteiger partial charge in [-0.2, -0.15) is 0 Å². The maximum absolute atomic E-state index is 12.6. The first-order valence-corrected chi connectivity index (χ1v) is 9.97. The van der Waals surface area contributed by atoms with Gasteiger partial charge in [-0.25, -0.2) is 8.42 Å². The zero-order chi connectivity index (χ0) is 19.4. The van der Waals surface area contributed by atoms with Crippen LogP contribution in [0.1, 0.15) is 29.3 Å². The molecule has 0 saturated heterocycles. The molecule has 0 bridgehead atoms. The van der Waals surface area contributed by atoms with Crippen molar-refractivity contribution in [2.24, 2.45) is 0 Å². The van der Waals surface area contributed by atoms with E-state index in [1.165, 1.54) is 18.2 Å². The Balaban J connectivity index is 2.34. The Morgan fingerprint density at radius 1 is 1.04 bits per heavy atom. The smallest absolute Gasteiger partial charge is 0.315 e. The van der Waals surface area contributed by atoms with Gasteiger partial charge in [0, 0.05) is 12.8 Å². The van der Waals surface area contributed by atoms with Gasteiger partial charge in [-0.3, -0.25) is 9.59 Å². The number of carboxylic acid groups (broad SMARTS) is 1. The van der Waals surface area contributed by atoms with Crippen LogP contribution in [-0.4, -0.2) is 38.2 Å². The molecule has 0 aliphatic carbocycles. The minimum absolute atomic E-state index is 0.00143. The third-order valence-electron chi connectivity index (χ3n) is 4.42. The van der Waals surface area contributed by atoms with E-state index in [1.54, 1.807) is 43.3 Å². The molecule has 0 aliphatic heterocycles. The summed E-state index contributed by atoms with van der Waals surface area (Å²) >= 11 is 0. The first-order chi connectivity index (χ1) is 12.2. The third-order valence-corrected chi connectivity index (χ3v) is 5.58.